The lowest BCUT2D eigenvalue weighted by molar-refractivity contribution is -0.111. The minimum Gasteiger partial charge on any atom is -0.351 e. The van der Waals surface area contributed by atoms with Gasteiger partial charge in [-0.05, 0) is 84.8 Å². The van der Waals surface area contributed by atoms with Crippen molar-refractivity contribution in [3.05, 3.63) is 59.2 Å². The van der Waals surface area contributed by atoms with Crippen LogP contribution in [0.25, 0.3) is 5.57 Å². The topological polar surface area (TPSA) is 98.6 Å². The average Bonchev–Trinajstić information content (AvgIpc) is 2.92. The summed E-state index contributed by atoms with van der Waals surface area (Å²) >= 11 is 0. The lowest BCUT2D eigenvalue weighted by Crippen LogP contribution is -2.40. The summed E-state index contributed by atoms with van der Waals surface area (Å²) in [6.07, 6.45) is 14.2. The van der Waals surface area contributed by atoms with Gasteiger partial charge in [0.05, 0.1) is 23.3 Å². The molecule has 2 N–H and O–H groups in total. The average molecular weight is 547 g/mol. The second kappa shape index (κ2) is 15.4. The molecule has 0 aliphatic heterocycles. The van der Waals surface area contributed by atoms with Crippen molar-refractivity contribution in [1.29, 1.82) is 0 Å². The zero-order valence-corrected chi connectivity index (χ0v) is 25.2. The predicted octanol–water partition coefficient (Wildman–Crippen LogP) is 4.84. The quantitative estimate of drug-likeness (QED) is 0.290. The number of pyridine rings is 1. The number of likely N-dealkylation sites (N-methyl/N-ethyl adjacent to an activating group) is 1. The van der Waals surface area contributed by atoms with Crippen LogP contribution in [-0.4, -0.2) is 83.7 Å². The maximum absolute atomic E-state index is 12.1. The molecule has 1 amide bonds. The van der Waals surface area contributed by atoms with Crippen molar-refractivity contribution >= 4 is 29.3 Å². The van der Waals surface area contributed by atoms with E-state index in [4.69, 9.17) is 4.98 Å². The summed E-state index contributed by atoms with van der Waals surface area (Å²) in [6.45, 7) is 7.79. The molecule has 2 aromatic rings. The van der Waals surface area contributed by atoms with Crippen molar-refractivity contribution in [2.24, 2.45) is 4.99 Å². The van der Waals surface area contributed by atoms with Gasteiger partial charge >= 0.3 is 0 Å². The number of hydrogen-bond acceptors (Lipinski definition) is 8. The third kappa shape index (κ3) is 9.34. The van der Waals surface area contributed by atoms with Gasteiger partial charge in [0.15, 0.2) is 0 Å². The van der Waals surface area contributed by atoms with Gasteiger partial charge in [-0.25, -0.2) is 9.97 Å². The molecule has 40 heavy (non-hydrogen) atoms. The molecule has 1 aliphatic carbocycles. The van der Waals surface area contributed by atoms with E-state index in [0.29, 0.717) is 23.7 Å². The molecule has 2 unspecified atom stereocenters. The first-order valence-corrected chi connectivity index (χ1v) is 14.2. The zero-order valence-electron chi connectivity index (χ0n) is 25.2. The minimum atomic E-state index is -0.148. The molecule has 0 spiro atoms. The SMILES string of the molecule is CCc1cnc(NC2CCCC(N(C)Cc3ccc(NC(=O)C=CCN(C)C)cn3)C2)nc1C(C=NC)=C(C)C. The molecule has 1 saturated carbocycles. The van der Waals surface area contributed by atoms with Gasteiger partial charge in [-0.3, -0.25) is 19.7 Å². The third-order valence-corrected chi connectivity index (χ3v) is 7.14. The molecule has 2 aromatic heterocycles. The van der Waals surface area contributed by atoms with E-state index in [1.54, 1.807) is 19.3 Å². The van der Waals surface area contributed by atoms with Crippen molar-refractivity contribution in [2.75, 3.05) is 45.4 Å². The largest absolute Gasteiger partial charge is 0.351 e. The Morgan fingerprint density at radius 3 is 2.60 bits per heavy atom. The van der Waals surface area contributed by atoms with E-state index >= 15 is 0 Å². The summed E-state index contributed by atoms with van der Waals surface area (Å²) in [6, 6.07) is 4.64. The first kappa shape index (κ1) is 31.1. The van der Waals surface area contributed by atoms with Crippen molar-refractivity contribution in [2.45, 2.75) is 71.5 Å². The van der Waals surface area contributed by atoms with Crippen LogP contribution in [0.15, 0.2) is 47.2 Å². The summed E-state index contributed by atoms with van der Waals surface area (Å²) in [5, 5.41) is 6.49. The normalized spacial score (nSPS) is 17.6. The highest BCUT2D eigenvalue weighted by Crippen LogP contribution is 2.27. The van der Waals surface area contributed by atoms with Crippen molar-refractivity contribution in [3.63, 3.8) is 0 Å². The van der Waals surface area contributed by atoms with E-state index in [2.05, 4.69) is 58.3 Å². The van der Waals surface area contributed by atoms with E-state index in [9.17, 15) is 4.79 Å². The number of nitrogens with zero attached hydrogens (tertiary/aromatic N) is 6. The molecule has 0 saturated heterocycles. The summed E-state index contributed by atoms with van der Waals surface area (Å²) in [4.78, 5) is 34.9. The van der Waals surface area contributed by atoms with Crippen molar-refractivity contribution < 1.29 is 4.79 Å². The number of allylic oxidation sites excluding steroid dienone is 2. The van der Waals surface area contributed by atoms with Gasteiger partial charge in [-0.2, -0.15) is 0 Å². The monoisotopic (exact) mass is 546 g/mol. The Bertz CT molecular complexity index is 1200. The van der Waals surface area contributed by atoms with Gasteiger partial charge in [0.2, 0.25) is 11.9 Å². The van der Waals surface area contributed by atoms with E-state index in [0.717, 1.165) is 67.7 Å². The molecular weight excluding hydrogens is 500 g/mol. The van der Waals surface area contributed by atoms with E-state index in [1.165, 1.54) is 5.57 Å². The summed E-state index contributed by atoms with van der Waals surface area (Å²) in [5.74, 6) is 0.532. The van der Waals surface area contributed by atoms with E-state index in [-0.39, 0.29) is 5.91 Å². The Morgan fingerprint density at radius 2 is 1.95 bits per heavy atom. The number of carbonyl (C=O) groups excluding carboxylic acids is 1. The second-order valence-corrected chi connectivity index (χ2v) is 11.0. The fourth-order valence-corrected chi connectivity index (χ4v) is 4.93. The smallest absolute Gasteiger partial charge is 0.248 e. The van der Waals surface area contributed by atoms with Gasteiger partial charge in [-0.15, -0.1) is 0 Å². The predicted molar refractivity (Wildman–Crippen MR) is 166 cm³/mol. The Labute approximate surface area is 239 Å². The Morgan fingerprint density at radius 1 is 1.15 bits per heavy atom. The molecule has 3 rings (SSSR count). The molecule has 1 fully saturated rings. The van der Waals surface area contributed by atoms with Crippen molar-refractivity contribution in [1.82, 2.24) is 24.8 Å². The van der Waals surface area contributed by atoms with Crippen LogP contribution in [0.5, 0.6) is 0 Å². The van der Waals surface area contributed by atoms with Gasteiger partial charge in [-0.1, -0.05) is 18.6 Å². The molecule has 0 radical (unpaired) electrons. The van der Waals surface area contributed by atoms with Crippen LogP contribution in [0, 0.1) is 0 Å². The number of carbonyl (C=O) groups is 1. The number of amides is 1. The van der Waals surface area contributed by atoms with E-state index < -0.39 is 0 Å². The fraction of sp³-hybridized carbons (Fsp3) is 0.516. The highest BCUT2D eigenvalue weighted by Gasteiger charge is 2.26. The third-order valence-electron chi connectivity index (χ3n) is 7.14. The molecular formula is C31H46N8O. The van der Waals surface area contributed by atoms with Crippen LogP contribution in [0.3, 0.4) is 0 Å². The molecule has 1 aliphatic rings. The van der Waals surface area contributed by atoms with Crippen LogP contribution >= 0.6 is 0 Å². The van der Waals surface area contributed by atoms with Gasteiger partial charge < -0.3 is 15.5 Å². The number of aryl methyl sites for hydroxylation is 1. The number of aliphatic imine (C=N–C) groups is 1. The molecule has 9 nitrogen and oxygen atoms in total. The zero-order chi connectivity index (χ0) is 29.1. The molecule has 2 atom stereocenters. The van der Waals surface area contributed by atoms with Gasteiger partial charge in [0.1, 0.15) is 0 Å². The minimum absolute atomic E-state index is 0.148. The van der Waals surface area contributed by atoms with Crippen molar-refractivity contribution in [3.8, 4) is 0 Å². The standard InChI is InChI=1S/C31H46N8O/c1-8-23-18-34-31(37-30(23)28(20-32-4)22(2)3)36-24-11-9-12-27(17-24)39(7)21-26-15-14-25(19-33-26)35-29(40)13-10-16-38(5)6/h10,13-15,18-20,24,27H,8-9,11-12,16-17,21H2,1-7H3,(H,35,40)(H,34,36,37). The van der Waals surface area contributed by atoms with Gasteiger partial charge in [0, 0.05) is 56.3 Å². The van der Waals surface area contributed by atoms with Crippen LogP contribution in [0.4, 0.5) is 11.6 Å². The first-order chi connectivity index (χ1) is 19.2. The summed E-state index contributed by atoms with van der Waals surface area (Å²) in [5.41, 5.74) is 6.01. The molecule has 2 heterocycles. The number of rotatable bonds is 12. The van der Waals surface area contributed by atoms with Gasteiger partial charge in [0.25, 0.3) is 0 Å². The highest BCUT2D eigenvalue weighted by molar-refractivity contribution is 6.10. The Balaban J connectivity index is 1.59. The molecule has 9 heteroatoms. The molecule has 0 aromatic carbocycles. The lowest BCUT2D eigenvalue weighted by atomic mass is 9.90. The van der Waals surface area contributed by atoms with Crippen LogP contribution in [0.2, 0.25) is 0 Å². The second-order valence-electron chi connectivity index (χ2n) is 11.0. The number of hydrogen-bond donors (Lipinski definition) is 2. The maximum atomic E-state index is 12.1. The number of anilines is 2. The van der Waals surface area contributed by atoms with Crippen LogP contribution in [-0.2, 0) is 17.8 Å². The van der Waals surface area contributed by atoms with Crippen LogP contribution < -0.4 is 10.6 Å². The first-order valence-electron chi connectivity index (χ1n) is 14.2. The highest BCUT2D eigenvalue weighted by atomic mass is 16.1. The molecule has 216 valence electrons. The Hall–Kier alpha value is -3.43. The fourth-order valence-electron chi connectivity index (χ4n) is 4.93. The summed E-state index contributed by atoms with van der Waals surface area (Å²) in [7, 11) is 7.88. The number of nitrogens with one attached hydrogen (secondary N) is 2. The summed E-state index contributed by atoms with van der Waals surface area (Å²) < 4.78 is 0. The number of aromatic nitrogens is 3. The maximum Gasteiger partial charge on any atom is 0.248 e. The van der Waals surface area contributed by atoms with Crippen LogP contribution in [0.1, 0.15) is 63.4 Å². The Kier molecular flexibility index (Phi) is 12.0. The lowest BCUT2D eigenvalue weighted by Gasteiger charge is -2.35. The molecule has 0 bridgehead atoms. The van der Waals surface area contributed by atoms with E-state index in [1.807, 2.05) is 49.6 Å².